The van der Waals surface area contributed by atoms with Crippen LogP contribution < -0.4 is 9.47 Å². The second-order valence-corrected chi connectivity index (χ2v) is 5.00. The Bertz CT molecular complexity index is 468. The summed E-state index contributed by atoms with van der Waals surface area (Å²) in [5.41, 5.74) is 1.07. The Balaban J connectivity index is 1.94. The average molecular weight is 247 g/mol. The van der Waals surface area contributed by atoms with Crippen LogP contribution in [0.25, 0.3) is 0 Å². The number of methoxy groups -OCH3 is 1. The molecule has 2 atom stereocenters. The molecule has 1 N–H and O–H groups in total. The molecular weight excluding hydrogens is 230 g/mol. The molecule has 18 heavy (non-hydrogen) atoms. The molecule has 1 aliphatic carbocycles. The second-order valence-electron chi connectivity index (χ2n) is 5.00. The number of oxime groups is 1. The maximum Gasteiger partial charge on any atom is 0.127 e. The minimum Gasteiger partial charge on any atom is -0.497 e. The molecule has 0 aromatic heterocycles. The summed E-state index contributed by atoms with van der Waals surface area (Å²) in [6, 6.07) is 5.82. The Labute approximate surface area is 106 Å². The minimum atomic E-state index is 0.134. The monoisotopic (exact) mass is 247 g/mol. The van der Waals surface area contributed by atoms with E-state index in [0.717, 1.165) is 23.5 Å². The second kappa shape index (κ2) is 4.52. The van der Waals surface area contributed by atoms with Crippen LogP contribution in [0.2, 0.25) is 0 Å². The molecule has 0 saturated heterocycles. The van der Waals surface area contributed by atoms with E-state index in [-0.39, 0.29) is 12.0 Å². The highest BCUT2D eigenvalue weighted by Crippen LogP contribution is 2.45. The molecule has 2 unspecified atom stereocenters. The lowest BCUT2D eigenvalue weighted by molar-refractivity contribution is 0.146. The molecule has 96 valence electrons. The van der Waals surface area contributed by atoms with Crippen LogP contribution >= 0.6 is 0 Å². The molecule has 0 bridgehead atoms. The Kier molecular flexibility index (Phi) is 2.86. The van der Waals surface area contributed by atoms with Crippen LogP contribution in [-0.2, 0) is 0 Å². The summed E-state index contributed by atoms with van der Waals surface area (Å²) in [6.45, 7) is 0. The van der Waals surface area contributed by atoms with Gasteiger partial charge in [0, 0.05) is 17.5 Å². The predicted molar refractivity (Wildman–Crippen MR) is 67.8 cm³/mol. The van der Waals surface area contributed by atoms with E-state index in [9.17, 15) is 0 Å². The van der Waals surface area contributed by atoms with Gasteiger partial charge < -0.3 is 14.7 Å². The van der Waals surface area contributed by atoms with Crippen molar-refractivity contribution in [2.75, 3.05) is 7.11 Å². The fraction of sp³-hybridized carbons (Fsp3) is 0.500. The lowest BCUT2D eigenvalue weighted by atomic mass is 9.89. The summed E-state index contributed by atoms with van der Waals surface area (Å²) in [4.78, 5) is 0. The van der Waals surface area contributed by atoms with E-state index in [2.05, 4.69) is 5.16 Å². The van der Waals surface area contributed by atoms with E-state index < -0.39 is 0 Å². The molecule has 4 heteroatoms. The van der Waals surface area contributed by atoms with Gasteiger partial charge >= 0.3 is 0 Å². The number of hydrogen-bond acceptors (Lipinski definition) is 4. The Morgan fingerprint density at radius 3 is 2.94 bits per heavy atom. The largest absolute Gasteiger partial charge is 0.497 e. The molecule has 3 rings (SSSR count). The van der Waals surface area contributed by atoms with E-state index in [0.29, 0.717) is 5.92 Å². The van der Waals surface area contributed by atoms with E-state index in [4.69, 9.17) is 14.7 Å². The smallest absolute Gasteiger partial charge is 0.127 e. The Morgan fingerprint density at radius 2 is 2.28 bits per heavy atom. The van der Waals surface area contributed by atoms with Gasteiger partial charge in [0.1, 0.15) is 17.6 Å². The maximum absolute atomic E-state index is 8.79. The lowest BCUT2D eigenvalue weighted by Gasteiger charge is -2.30. The fourth-order valence-electron chi connectivity index (χ4n) is 2.62. The zero-order valence-corrected chi connectivity index (χ0v) is 10.4. The predicted octanol–water partition coefficient (Wildman–Crippen LogP) is 2.80. The third-order valence-corrected chi connectivity index (χ3v) is 3.78. The van der Waals surface area contributed by atoms with Crippen molar-refractivity contribution in [3.63, 3.8) is 0 Å². The number of fused-ring (bicyclic) bond motifs is 1. The highest BCUT2D eigenvalue weighted by molar-refractivity contribution is 5.70. The molecule has 2 aliphatic rings. The summed E-state index contributed by atoms with van der Waals surface area (Å²) in [6.07, 6.45) is 5.23. The molecule has 1 aliphatic heterocycles. The number of rotatable bonds is 3. The standard InChI is InChI=1S/C14H17NO3/c1-17-11-4-5-12-10(8-15-16)6-13(9-2-3-9)18-14(12)7-11/h4-5,7-10,13,16H,2-3,6H2,1H3. The van der Waals surface area contributed by atoms with Gasteiger partial charge in [-0.25, -0.2) is 0 Å². The topological polar surface area (TPSA) is 51.0 Å². The first-order valence-electron chi connectivity index (χ1n) is 6.34. The first kappa shape index (κ1) is 11.4. The lowest BCUT2D eigenvalue weighted by Crippen LogP contribution is -2.28. The SMILES string of the molecule is COc1ccc2c(c1)OC(C1CC1)CC2C=NO. The third-order valence-electron chi connectivity index (χ3n) is 3.78. The Morgan fingerprint density at radius 1 is 1.44 bits per heavy atom. The highest BCUT2D eigenvalue weighted by Gasteiger charge is 2.38. The highest BCUT2D eigenvalue weighted by atomic mass is 16.5. The van der Waals surface area contributed by atoms with Crippen molar-refractivity contribution >= 4 is 6.21 Å². The van der Waals surface area contributed by atoms with Crippen molar-refractivity contribution < 1.29 is 14.7 Å². The number of nitrogens with zero attached hydrogens (tertiary/aromatic N) is 1. The van der Waals surface area contributed by atoms with Crippen molar-refractivity contribution in [3.05, 3.63) is 23.8 Å². The van der Waals surface area contributed by atoms with Crippen LogP contribution in [0.1, 0.15) is 30.7 Å². The molecular formula is C14H17NO3. The van der Waals surface area contributed by atoms with Crippen molar-refractivity contribution in [1.82, 2.24) is 0 Å². The quantitative estimate of drug-likeness (QED) is 0.507. The molecule has 1 fully saturated rings. The fourth-order valence-corrected chi connectivity index (χ4v) is 2.62. The van der Waals surface area contributed by atoms with E-state index >= 15 is 0 Å². The minimum absolute atomic E-state index is 0.134. The van der Waals surface area contributed by atoms with Crippen molar-refractivity contribution in [3.8, 4) is 11.5 Å². The van der Waals surface area contributed by atoms with Crippen molar-refractivity contribution in [2.45, 2.75) is 31.3 Å². The average Bonchev–Trinajstić information content (AvgIpc) is 3.22. The van der Waals surface area contributed by atoms with E-state index in [1.54, 1.807) is 13.3 Å². The van der Waals surface area contributed by atoms with Gasteiger partial charge in [-0.3, -0.25) is 0 Å². The van der Waals surface area contributed by atoms with Crippen molar-refractivity contribution in [2.24, 2.45) is 11.1 Å². The molecule has 0 radical (unpaired) electrons. The summed E-state index contributed by atoms with van der Waals surface area (Å²) in [7, 11) is 1.65. The first-order valence-corrected chi connectivity index (χ1v) is 6.34. The summed E-state index contributed by atoms with van der Waals surface area (Å²) >= 11 is 0. The van der Waals surface area contributed by atoms with Crippen LogP contribution in [0.4, 0.5) is 0 Å². The van der Waals surface area contributed by atoms with E-state index in [1.165, 1.54) is 12.8 Å². The van der Waals surface area contributed by atoms with Crippen molar-refractivity contribution in [1.29, 1.82) is 0 Å². The molecule has 0 spiro atoms. The van der Waals surface area contributed by atoms with Crippen LogP contribution in [0, 0.1) is 5.92 Å². The van der Waals surface area contributed by atoms with Crippen LogP contribution in [-0.4, -0.2) is 24.6 Å². The summed E-state index contributed by atoms with van der Waals surface area (Å²) in [5, 5.41) is 12.0. The summed E-state index contributed by atoms with van der Waals surface area (Å²) < 4.78 is 11.3. The zero-order chi connectivity index (χ0) is 12.5. The molecule has 1 aromatic carbocycles. The van der Waals surface area contributed by atoms with Gasteiger partial charge in [-0.1, -0.05) is 6.07 Å². The third kappa shape index (κ3) is 2.03. The molecule has 0 amide bonds. The number of hydrogen-bond donors (Lipinski definition) is 1. The van der Waals surface area contributed by atoms with Crippen LogP contribution in [0.15, 0.2) is 23.4 Å². The maximum atomic E-state index is 8.79. The molecule has 1 saturated carbocycles. The zero-order valence-electron chi connectivity index (χ0n) is 10.4. The van der Waals surface area contributed by atoms with Crippen LogP contribution in [0.3, 0.4) is 0 Å². The normalized spacial score (nSPS) is 26.7. The van der Waals surface area contributed by atoms with Gasteiger partial charge in [-0.15, -0.1) is 5.16 Å². The van der Waals surface area contributed by atoms with Gasteiger partial charge in [0.25, 0.3) is 0 Å². The Hall–Kier alpha value is -1.71. The number of benzene rings is 1. The van der Waals surface area contributed by atoms with Gasteiger partial charge in [-0.2, -0.15) is 0 Å². The molecule has 1 aromatic rings. The molecule has 1 heterocycles. The molecule has 4 nitrogen and oxygen atoms in total. The van der Waals surface area contributed by atoms with Gasteiger partial charge in [0.2, 0.25) is 0 Å². The van der Waals surface area contributed by atoms with Gasteiger partial charge in [0.05, 0.1) is 13.3 Å². The summed E-state index contributed by atoms with van der Waals surface area (Å²) in [5.74, 6) is 2.46. The van der Waals surface area contributed by atoms with Gasteiger partial charge in [-0.05, 0) is 31.2 Å². The first-order chi connectivity index (χ1) is 8.81. The van der Waals surface area contributed by atoms with E-state index in [1.807, 2.05) is 18.2 Å². The number of ether oxygens (including phenoxy) is 2. The van der Waals surface area contributed by atoms with Gasteiger partial charge in [0.15, 0.2) is 0 Å². The van der Waals surface area contributed by atoms with Crippen LogP contribution in [0.5, 0.6) is 11.5 Å².